The van der Waals surface area contributed by atoms with Crippen molar-refractivity contribution >= 4 is 5.78 Å². The smallest absolute Gasteiger partial charge is 0.274 e. The van der Waals surface area contributed by atoms with Crippen LogP contribution in [0.25, 0.3) is 0 Å². The second-order valence-corrected chi connectivity index (χ2v) is 4.21. The van der Waals surface area contributed by atoms with Crippen LogP contribution in [-0.2, 0) is 17.1 Å². The fourth-order valence-electron chi connectivity index (χ4n) is 1.77. The maximum atomic E-state index is 13.4. The number of rotatable bonds is 4. The molecule has 94 valence electrons. The highest BCUT2D eigenvalue weighted by molar-refractivity contribution is 5.79. The molecule has 0 atom stereocenters. The fourth-order valence-corrected chi connectivity index (χ4v) is 1.77. The third kappa shape index (κ3) is 3.02. The molecule has 0 heterocycles. The average molecular weight is 242 g/mol. The standard InChI is InChI=1S/C13H16F2O2/c1-8-5-6-11(13(3,14)15)12(17-4)10(8)7-9(2)16/h5-6H,7H2,1-4H3. The van der Waals surface area contributed by atoms with Gasteiger partial charge < -0.3 is 4.74 Å². The highest BCUT2D eigenvalue weighted by Gasteiger charge is 2.30. The van der Waals surface area contributed by atoms with Crippen molar-refractivity contribution < 1.29 is 18.3 Å². The number of hydrogen-bond acceptors (Lipinski definition) is 2. The summed E-state index contributed by atoms with van der Waals surface area (Å²) in [6.45, 7) is 4.02. The van der Waals surface area contributed by atoms with Gasteiger partial charge in [-0.15, -0.1) is 0 Å². The van der Waals surface area contributed by atoms with Gasteiger partial charge in [0, 0.05) is 18.9 Å². The topological polar surface area (TPSA) is 26.3 Å². The fraction of sp³-hybridized carbons (Fsp3) is 0.462. The quantitative estimate of drug-likeness (QED) is 0.810. The summed E-state index contributed by atoms with van der Waals surface area (Å²) in [6, 6.07) is 2.94. The van der Waals surface area contributed by atoms with Crippen LogP contribution in [0, 0.1) is 6.92 Å². The SMILES string of the molecule is COc1c(C(C)(F)F)ccc(C)c1CC(C)=O. The Balaban J connectivity index is 3.41. The molecule has 0 aliphatic carbocycles. The van der Waals surface area contributed by atoms with Crippen LogP contribution in [0.5, 0.6) is 5.75 Å². The summed E-state index contributed by atoms with van der Waals surface area (Å²) in [7, 11) is 1.34. The van der Waals surface area contributed by atoms with Crippen LogP contribution in [0.4, 0.5) is 8.78 Å². The molecule has 2 nitrogen and oxygen atoms in total. The van der Waals surface area contributed by atoms with Gasteiger partial charge in [-0.25, -0.2) is 8.78 Å². The average Bonchev–Trinajstić information content (AvgIpc) is 2.18. The zero-order valence-corrected chi connectivity index (χ0v) is 10.4. The van der Waals surface area contributed by atoms with Gasteiger partial charge in [-0.3, -0.25) is 4.79 Å². The summed E-state index contributed by atoms with van der Waals surface area (Å²) < 4.78 is 31.8. The van der Waals surface area contributed by atoms with E-state index in [0.29, 0.717) is 5.56 Å². The molecule has 1 rings (SSSR count). The van der Waals surface area contributed by atoms with Gasteiger partial charge in [-0.1, -0.05) is 6.07 Å². The Morgan fingerprint density at radius 3 is 2.41 bits per heavy atom. The van der Waals surface area contributed by atoms with E-state index in [9.17, 15) is 13.6 Å². The van der Waals surface area contributed by atoms with Gasteiger partial charge in [-0.2, -0.15) is 0 Å². The van der Waals surface area contributed by atoms with Crippen molar-refractivity contribution in [2.75, 3.05) is 7.11 Å². The van der Waals surface area contributed by atoms with E-state index in [4.69, 9.17) is 4.74 Å². The summed E-state index contributed by atoms with van der Waals surface area (Å²) in [5.74, 6) is -2.94. The number of aryl methyl sites for hydroxylation is 1. The van der Waals surface area contributed by atoms with Crippen molar-refractivity contribution in [1.29, 1.82) is 0 Å². The van der Waals surface area contributed by atoms with Gasteiger partial charge in [0.15, 0.2) is 0 Å². The Morgan fingerprint density at radius 2 is 2.00 bits per heavy atom. The Morgan fingerprint density at radius 1 is 1.41 bits per heavy atom. The van der Waals surface area contributed by atoms with Crippen LogP contribution in [0.3, 0.4) is 0 Å². The van der Waals surface area contributed by atoms with Gasteiger partial charge in [0.05, 0.1) is 12.7 Å². The van der Waals surface area contributed by atoms with Crippen LogP contribution in [0.2, 0.25) is 0 Å². The summed E-state index contributed by atoms with van der Waals surface area (Å²) in [4.78, 5) is 11.2. The molecule has 17 heavy (non-hydrogen) atoms. The molecular weight excluding hydrogens is 226 g/mol. The van der Waals surface area contributed by atoms with Gasteiger partial charge >= 0.3 is 0 Å². The molecule has 0 fully saturated rings. The molecule has 1 aromatic carbocycles. The summed E-state index contributed by atoms with van der Waals surface area (Å²) in [6.07, 6.45) is 0.110. The Labute approximate surface area is 99.6 Å². The molecule has 0 aliphatic rings. The number of halogens is 2. The van der Waals surface area contributed by atoms with Crippen molar-refractivity contribution in [3.05, 3.63) is 28.8 Å². The van der Waals surface area contributed by atoms with Gasteiger partial charge in [0.1, 0.15) is 11.5 Å². The van der Waals surface area contributed by atoms with Crippen LogP contribution < -0.4 is 4.74 Å². The molecule has 4 heteroatoms. The number of hydrogen-bond donors (Lipinski definition) is 0. The Hall–Kier alpha value is -1.45. The van der Waals surface area contributed by atoms with E-state index < -0.39 is 5.92 Å². The number of ketones is 1. The largest absolute Gasteiger partial charge is 0.496 e. The van der Waals surface area contributed by atoms with E-state index in [2.05, 4.69) is 0 Å². The predicted molar refractivity (Wildman–Crippen MR) is 61.7 cm³/mol. The highest BCUT2D eigenvalue weighted by Crippen LogP contribution is 2.38. The van der Waals surface area contributed by atoms with E-state index >= 15 is 0 Å². The lowest BCUT2D eigenvalue weighted by molar-refractivity contribution is -0.116. The second-order valence-electron chi connectivity index (χ2n) is 4.21. The molecule has 1 aromatic rings. The first-order valence-corrected chi connectivity index (χ1v) is 5.31. The van der Waals surface area contributed by atoms with Crippen molar-refractivity contribution in [3.63, 3.8) is 0 Å². The normalized spacial score (nSPS) is 11.4. The second kappa shape index (κ2) is 4.82. The van der Waals surface area contributed by atoms with E-state index in [1.54, 1.807) is 13.0 Å². The van der Waals surface area contributed by atoms with Crippen molar-refractivity contribution in [2.45, 2.75) is 33.1 Å². The minimum Gasteiger partial charge on any atom is -0.496 e. The first-order valence-electron chi connectivity index (χ1n) is 5.31. The third-order valence-corrected chi connectivity index (χ3v) is 2.60. The third-order valence-electron chi connectivity index (χ3n) is 2.60. The molecule has 0 aromatic heterocycles. The highest BCUT2D eigenvalue weighted by atomic mass is 19.3. The molecule has 0 amide bonds. The maximum absolute atomic E-state index is 13.4. The zero-order valence-electron chi connectivity index (χ0n) is 10.4. The lowest BCUT2D eigenvalue weighted by atomic mass is 9.96. The molecule has 0 N–H and O–H groups in total. The number of alkyl halides is 2. The predicted octanol–water partition coefficient (Wildman–Crippen LogP) is 3.25. The zero-order chi connectivity index (χ0) is 13.2. The maximum Gasteiger partial charge on any atom is 0.274 e. The molecule has 0 bridgehead atoms. The summed E-state index contributed by atoms with van der Waals surface area (Å²) in [5.41, 5.74) is 1.14. The Kier molecular flexibility index (Phi) is 3.86. The summed E-state index contributed by atoms with van der Waals surface area (Å²) in [5, 5.41) is 0. The molecule has 0 radical (unpaired) electrons. The number of carbonyl (C=O) groups excluding carboxylic acids is 1. The first kappa shape index (κ1) is 13.6. The molecule has 0 aliphatic heterocycles. The minimum absolute atomic E-state index is 0.0806. The molecule has 0 unspecified atom stereocenters. The van der Waals surface area contributed by atoms with Gasteiger partial charge in [-0.05, 0) is 25.5 Å². The lowest BCUT2D eigenvalue weighted by Crippen LogP contribution is -2.12. The van der Waals surface area contributed by atoms with E-state index in [1.807, 2.05) is 0 Å². The number of ether oxygens (including phenoxy) is 1. The molecule has 0 saturated heterocycles. The monoisotopic (exact) mass is 242 g/mol. The number of carbonyl (C=O) groups is 1. The van der Waals surface area contributed by atoms with Gasteiger partial charge in [0.2, 0.25) is 0 Å². The molecular formula is C13H16F2O2. The van der Waals surface area contributed by atoms with Crippen molar-refractivity contribution in [2.24, 2.45) is 0 Å². The van der Waals surface area contributed by atoms with Crippen LogP contribution in [0.1, 0.15) is 30.5 Å². The number of benzene rings is 1. The number of Topliss-reactive ketones (excluding diaryl/α,β-unsaturated/α-hetero) is 1. The number of methoxy groups -OCH3 is 1. The minimum atomic E-state index is -2.98. The van der Waals surface area contributed by atoms with E-state index in [1.165, 1.54) is 20.1 Å². The van der Waals surface area contributed by atoms with E-state index in [0.717, 1.165) is 12.5 Å². The Bertz CT molecular complexity index is 434. The van der Waals surface area contributed by atoms with Crippen molar-refractivity contribution in [1.82, 2.24) is 0 Å². The van der Waals surface area contributed by atoms with Crippen LogP contribution in [0.15, 0.2) is 12.1 Å². The first-order chi connectivity index (χ1) is 7.77. The molecule has 0 saturated carbocycles. The van der Waals surface area contributed by atoms with Crippen molar-refractivity contribution in [3.8, 4) is 5.75 Å². The lowest BCUT2D eigenvalue weighted by Gasteiger charge is -2.19. The summed E-state index contributed by atoms with van der Waals surface area (Å²) >= 11 is 0. The van der Waals surface area contributed by atoms with Gasteiger partial charge in [0.25, 0.3) is 5.92 Å². The van der Waals surface area contributed by atoms with E-state index in [-0.39, 0.29) is 23.5 Å². The van der Waals surface area contributed by atoms with Crippen LogP contribution >= 0.6 is 0 Å². The molecule has 0 spiro atoms. The van der Waals surface area contributed by atoms with Crippen LogP contribution in [-0.4, -0.2) is 12.9 Å².